The van der Waals surface area contributed by atoms with Crippen LogP contribution in [0.25, 0.3) is 0 Å². The molecule has 0 bridgehead atoms. The SMILES string of the molecule is C.[AlH3].[Ca+2].[Fe].[H-].[H-].[Mn]. The minimum atomic E-state index is 0. The van der Waals surface area contributed by atoms with Crippen LogP contribution in [0.15, 0.2) is 0 Å². The van der Waals surface area contributed by atoms with Gasteiger partial charge in [0.2, 0.25) is 0 Å². The predicted octanol–water partition coefficient (Wildman–Crippen LogP) is -0.709. The molecule has 0 unspecified atom stereocenters. The molecule has 0 aliphatic heterocycles. The molecule has 0 saturated carbocycles. The molecule has 0 aliphatic carbocycles. The largest absolute Gasteiger partial charge is 2.00 e. The van der Waals surface area contributed by atoms with Crippen LogP contribution >= 0.6 is 0 Å². The van der Waals surface area contributed by atoms with Crippen molar-refractivity contribution in [2.24, 2.45) is 0 Å². The summed E-state index contributed by atoms with van der Waals surface area (Å²) >= 11 is 0. The van der Waals surface area contributed by atoms with Gasteiger partial charge in [-0.05, 0) is 0 Å². The topological polar surface area (TPSA) is 0 Å². The van der Waals surface area contributed by atoms with E-state index < -0.39 is 0 Å². The van der Waals surface area contributed by atoms with Gasteiger partial charge in [0.25, 0.3) is 0 Å². The zero-order valence-electron chi connectivity index (χ0n) is 3.44. The molecule has 0 heterocycles. The molecule has 1 radical (unpaired) electrons. The van der Waals surface area contributed by atoms with Gasteiger partial charge in [-0.25, -0.2) is 0 Å². The summed E-state index contributed by atoms with van der Waals surface area (Å²) in [5.74, 6) is 0. The average Bonchev–Trinajstić information content (AvgIpc) is 0. The van der Waals surface area contributed by atoms with E-state index in [1.165, 1.54) is 0 Å². The van der Waals surface area contributed by atoms with Crippen molar-refractivity contribution in [3.63, 3.8) is 0 Å². The van der Waals surface area contributed by atoms with Gasteiger partial charge in [0.1, 0.15) is 0 Å². The maximum atomic E-state index is 0. The fraction of sp³-hybridized carbons (Fsp3) is 1.00. The van der Waals surface area contributed by atoms with Crippen LogP contribution in [0.5, 0.6) is 0 Å². The second-order valence-corrected chi connectivity index (χ2v) is 0. The van der Waals surface area contributed by atoms with E-state index in [4.69, 9.17) is 0 Å². The quantitative estimate of drug-likeness (QED) is 0.452. The van der Waals surface area contributed by atoms with Crippen molar-refractivity contribution >= 4 is 55.1 Å². The molecular weight excluding hydrogens is 190 g/mol. The van der Waals surface area contributed by atoms with Crippen molar-refractivity contribution in [3.8, 4) is 0 Å². The van der Waals surface area contributed by atoms with Crippen LogP contribution in [0, 0.1) is 0 Å². The Balaban J connectivity index is 0. The van der Waals surface area contributed by atoms with Gasteiger partial charge in [0, 0.05) is 34.1 Å². The minimum absolute atomic E-state index is 0. The van der Waals surface area contributed by atoms with Gasteiger partial charge in [-0.1, -0.05) is 7.43 Å². The van der Waals surface area contributed by atoms with Crippen LogP contribution in [0.3, 0.4) is 0 Å². The maximum Gasteiger partial charge on any atom is 2.00 e. The molecule has 5 heavy (non-hydrogen) atoms. The van der Waals surface area contributed by atoms with Crippen molar-refractivity contribution in [1.29, 1.82) is 0 Å². The van der Waals surface area contributed by atoms with Gasteiger partial charge in [-0.3, -0.25) is 0 Å². The Kier molecular flexibility index (Phi) is 264. The molecule has 0 fully saturated rings. The van der Waals surface area contributed by atoms with E-state index in [0.29, 0.717) is 0 Å². The molecule has 0 rings (SSSR count). The molecule has 0 aliphatic rings. The summed E-state index contributed by atoms with van der Waals surface area (Å²) in [6, 6.07) is 0. The van der Waals surface area contributed by atoms with Crippen LogP contribution < -0.4 is 0 Å². The molecular formula is CH9AlCaFeMn. The zero-order valence-corrected chi connectivity index (χ0v) is 5.93. The van der Waals surface area contributed by atoms with Crippen LogP contribution in [0.1, 0.15) is 10.3 Å². The van der Waals surface area contributed by atoms with E-state index in [1.54, 1.807) is 0 Å². The molecule has 0 N–H and O–H groups in total. The van der Waals surface area contributed by atoms with E-state index in [1.807, 2.05) is 0 Å². The Morgan fingerprint density at radius 1 is 1.20 bits per heavy atom. The van der Waals surface area contributed by atoms with Crippen LogP contribution in [-0.4, -0.2) is 55.1 Å². The molecule has 4 heteroatoms. The van der Waals surface area contributed by atoms with Gasteiger partial charge < -0.3 is 2.85 Å². The van der Waals surface area contributed by atoms with Crippen molar-refractivity contribution in [1.82, 2.24) is 0 Å². The van der Waals surface area contributed by atoms with E-state index >= 15 is 0 Å². The van der Waals surface area contributed by atoms with Gasteiger partial charge in [-0.2, -0.15) is 0 Å². The van der Waals surface area contributed by atoms with E-state index in [9.17, 15) is 0 Å². The van der Waals surface area contributed by atoms with Crippen molar-refractivity contribution < 1.29 is 37.0 Å². The second-order valence-electron chi connectivity index (χ2n) is 0. The normalized spacial score (nSPS) is 0. The van der Waals surface area contributed by atoms with E-state index in [2.05, 4.69) is 0 Å². The number of hydrogen-bond acceptors (Lipinski definition) is 0. The van der Waals surface area contributed by atoms with Crippen molar-refractivity contribution in [2.45, 2.75) is 7.43 Å². The Hall–Kier alpha value is 2.83. The van der Waals surface area contributed by atoms with Gasteiger partial charge >= 0.3 is 37.7 Å². The molecule has 0 nitrogen and oxygen atoms in total. The summed E-state index contributed by atoms with van der Waals surface area (Å²) in [7, 11) is 0. The Morgan fingerprint density at radius 2 is 1.20 bits per heavy atom. The summed E-state index contributed by atoms with van der Waals surface area (Å²) in [6.45, 7) is 0. The van der Waals surface area contributed by atoms with Gasteiger partial charge in [0.15, 0.2) is 17.4 Å². The monoisotopic (exact) mass is 199 g/mol. The summed E-state index contributed by atoms with van der Waals surface area (Å²) in [4.78, 5) is 0. The summed E-state index contributed by atoms with van der Waals surface area (Å²) < 4.78 is 0. The molecule has 0 amide bonds. The van der Waals surface area contributed by atoms with E-state index in [-0.39, 0.29) is 99.5 Å². The Morgan fingerprint density at radius 3 is 1.20 bits per heavy atom. The van der Waals surface area contributed by atoms with Gasteiger partial charge in [-0.15, -0.1) is 0 Å². The standard InChI is InChI=1S/CH4.Al.Ca.Fe.Mn.5H/h1H4;;;;;;;;;/q;;+2;;;;;;2*-1. The molecule has 0 spiro atoms. The third kappa shape index (κ3) is 19.9. The first kappa shape index (κ1) is 45.6. The molecule has 0 aromatic heterocycles. The van der Waals surface area contributed by atoms with E-state index in [0.717, 1.165) is 0 Å². The molecule has 0 atom stereocenters. The van der Waals surface area contributed by atoms with Crippen molar-refractivity contribution in [3.05, 3.63) is 0 Å². The Bertz CT molecular complexity index is 17.7. The number of rotatable bonds is 0. The zero-order chi connectivity index (χ0) is 0. The fourth-order valence-corrected chi connectivity index (χ4v) is 0. The first-order chi connectivity index (χ1) is 0. The average molecular weight is 199 g/mol. The maximum absolute atomic E-state index is 0. The number of hydrogen-bond donors (Lipinski definition) is 0. The molecule has 0 saturated heterocycles. The van der Waals surface area contributed by atoms with Crippen LogP contribution in [0.4, 0.5) is 0 Å². The van der Waals surface area contributed by atoms with Gasteiger partial charge in [0.05, 0.1) is 0 Å². The first-order valence-corrected chi connectivity index (χ1v) is 0. The van der Waals surface area contributed by atoms with Crippen LogP contribution in [-0.2, 0) is 34.1 Å². The third-order valence-corrected chi connectivity index (χ3v) is 0. The third-order valence-electron chi connectivity index (χ3n) is 0. The smallest absolute Gasteiger partial charge is 1.00 e. The minimum Gasteiger partial charge on any atom is -1.00 e. The summed E-state index contributed by atoms with van der Waals surface area (Å²) in [5, 5.41) is 0. The molecule has 0 aromatic rings. The second kappa shape index (κ2) is 29.0. The molecule has 33 valence electrons. The molecule has 0 aromatic carbocycles. The first-order valence-electron chi connectivity index (χ1n) is 0. The van der Waals surface area contributed by atoms with Crippen molar-refractivity contribution in [2.75, 3.05) is 0 Å². The summed E-state index contributed by atoms with van der Waals surface area (Å²) in [6.07, 6.45) is 0. The fourth-order valence-electron chi connectivity index (χ4n) is 0. The Labute approximate surface area is 97.9 Å². The summed E-state index contributed by atoms with van der Waals surface area (Å²) in [5.41, 5.74) is 0. The van der Waals surface area contributed by atoms with Crippen LogP contribution in [0.2, 0.25) is 0 Å². The predicted molar refractivity (Wildman–Crippen MR) is 24.6 cm³/mol.